The van der Waals surface area contributed by atoms with Crippen molar-refractivity contribution in [1.82, 2.24) is 0 Å². The van der Waals surface area contributed by atoms with Crippen molar-refractivity contribution in [1.29, 1.82) is 0 Å². The maximum absolute atomic E-state index is 12.0. The van der Waals surface area contributed by atoms with Crippen LogP contribution in [0.25, 0.3) is 0 Å². The molecular weight excluding hydrogens is 304 g/mol. The number of hydrogen-bond donors (Lipinski definition) is 1. The van der Waals surface area contributed by atoms with Crippen molar-refractivity contribution in [2.24, 2.45) is 5.92 Å². The maximum Gasteiger partial charge on any atom is 0.308 e. The summed E-state index contributed by atoms with van der Waals surface area (Å²) in [4.78, 5) is 12.0. The molecule has 0 amide bonds. The van der Waals surface area contributed by atoms with E-state index in [4.69, 9.17) is 9.47 Å². The van der Waals surface area contributed by atoms with Crippen LogP contribution >= 0.6 is 0 Å². The van der Waals surface area contributed by atoms with E-state index in [9.17, 15) is 9.90 Å². The highest BCUT2D eigenvalue weighted by atomic mass is 16.5. The molecule has 0 saturated heterocycles. The molecule has 0 radical (unpaired) electrons. The molecule has 1 N–H and O–H groups in total. The first kappa shape index (κ1) is 18.8. The molecule has 4 heteroatoms. The second kappa shape index (κ2) is 9.07. The Kier molecular flexibility index (Phi) is 7.10. The van der Waals surface area contributed by atoms with Gasteiger partial charge in [-0.3, -0.25) is 4.79 Å². The third kappa shape index (κ3) is 4.97. The Morgan fingerprint density at radius 1 is 1.12 bits per heavy atom. The van der Waals surface area contributed by atoms with Crippen LogP contribution in [0, 0.1) is 5.92 Å². The number of ether oxygens (including phenoxy) is 2. The Morgan fingerprint density at radius 3 is 2.38 bits per heavy atom. The molecule has 0 aliphatic heterocycles. The third-order valence-corrected chi connectivity index (χ3v) is 4.75. The highest BCUT2D eigenvalue weighted by Crippen LogP contribution is 2.40. The van der Waals surface area contributed by atoms with Crippen LogP contribution < -0.4 is 4.74 Å². The predicted molar refractivity (Wildman–Crippen MR) is 93.9 cm³/mol. The highest BCUT2D eigenvalue weighted by Gasteiger charge is 2.37. The minimum absolute atomic E-state index is 0.0747. The summed E-state index contributed by atoms with van der Waals surface area (Å²) in [6.07, 6.45) is 5.45. The van der Waals surface area contributed by atoms with Crippen LogP contribution in [-0.2, 0) is 15.1 Å². The van der Waals surface area contributed by atoms with E-state index in [-0.39, 0.29) is 11.9 Å². The van der Waals surface area contributed by atoms with Crippen LogP contribution in [0.4, 0.5) is 0 Å². The summed E-state index contributed by atoms with van der Waals surface area (Å²) < 4.78 is 10.9. The molecule has 24 heavy (non-hydrogen) atoms. The summed E-state index contributed by atoms with van der Waals surface area (Å²) in [5, 5.41) is 10.9. The second-order valence-electron chi connectivity index (χ2n) is 6.70. The second-order valence-corrected chi connectivity index (χ2v) is 6.70. The molecule has 0 heterocycles. The first-order chi connectivity index (χ1) is 11.6. The maximum atomic E-state index is 12.0. The third-order valence-electron chi connectivity index (χ3n) is 4.75. The van der Waals surface area contributed by atoms with Gasteiger partial charge in [0, 0.05) is 0 Å². The van der Waals surface area contributed by atoms with E-state index in [0.29, 0.717) is 38.9 Å². The number of unbranched alkanes of at least 4 members (excludes halogenated alkanes) is 1. The molecule has 0 bridgehead atoms. The van der Waals surface area contributed by atoms with Crippen LogP contribution in [0.2, 0.25) is 0 Å². The standard InChI is InChI=1S/C20H30O4/c1-3-5-15-24-19(21)16-10-12-20(22,13-11-16)17-6-8-18(9-7-17)23-14-4-2/h6-9,16,22H,3-5,10-15H2,1-2H3. The van der Waals surface area contributed by atoms with E-state index in [1.807, 2.05) is 24.3 Å². The van der Waals surface area contributed by atoms with Gasteiger partial charge >= 0.3 is 5.97 Å². The normalized spacial score (nSPS) is 23.7. The molecular formula is C20H30O4. The van der Waals surface area contributed by atoms with Gasteiger partial charge in [0.25, 0.3) is 0 Å². The molecule has 1 aliphatic carbocycles. The average molecular weight is 334 g/mol. The average Bonchev–Trinajstić information content (AvgIpc) is 2.61. The van der Waals surface area contributed by atoms with Crippen molar-refractivity contribution in [2.45, 2.75) is 64.4 Å². The lowest BCUT2D eigenvalue weighted by Crippen LogP contribution is -2.34. The fraction of sp³-hybridized carbons (Fsp3) is 0.650. The predicted octanol–water partition coefficient (Wildman–Crippen LogP) is 4.20. The molecule has 1 aromatic rings. The Balaban J connectivity index is 1.88. The quantitative estimate of drug-likeness (QED) is 0.572. The van der Waals surface area contributed by atoms with E-state index in [0.717, 1.165) is 30.6 Å². The van der Waals surface area contributed by atoms with Crippen LogP contribution in [0.1, 0.15) is 64.4 Å². The van der Waals surface area contributed by atoms with Crippen LogP contribution in [0.15, 0.2) is 24.3 Å². The van der Waals surface area contributed by atoms with Crippen molar-refractivity contribution in [3.63, 3.8) is 0 Å². The minimum atomic E-state index is -0.844. The van der Waals surface area contributed by atoms with E-state index < -0.39 is 5.60 Å². The van der Waals surface area contributed by atoms with E-state index >= 15 is 0 Å². The molecule has 0 spiro atoms. The lowest BCUT2D eigenvalue weighted by Gasteiger charge is -2.35. The highest BCUT2D eigenvalue weighted by molar-refractivity contribution is 5.72. The SMILES string of the molecule is CCCCOC(=O)C1CCC(O)(c2ccc(OCCC)cc2)CC1. The molecule has 4 nitrogen and oxygen atoms in total. The lowest BCUT2D eigenvalue weighted by atomic mass is 9.75. The molecule has 1 fully saturated rings. The van der Waals surface area contributed by atoms with Crippen molar-refractivity contribution in [2.75, 3.05) is 13.2 Å². The van der Waals surface area contributed by atoms with Gasteiger partial charge in [0.15, 0.2) is 0 Å². The topological polar surface area (TPSA) is 55.8 Å². The number of hydrogen-bond acceptors (Lipinski definition) is 4. The number of aliphatic hydroxyl groups is 1. The van der Waals surface area contributed by atoms with Gasteiger partial charge in [-0.15, -0.1) is 0 Å². The Bertz CT molecular complexity index is 501. The van der Waals surface area contributed by atoms with E-state index in [2.05, 4.69) is 13.8 Å². The summed E-state index contributed by atoms with van der Waals surface area (Å²) in [6, 6.07) is 7.69. The van der Waals surface area contributed by atoms with Gasteiger partial charge < -0.3 is 14.6 Å². The van der Waals surface area contributed by atoms with Gasteiger partial charge in [0.1, 0.15) is 5.75 Å². The van der Waals surface area contributed by atoms with Crippen molar-refractivity contribution in [3.05, 3.63) is 29.8 Å². The van der Waals surface area contributed by atoms with Crippen molar-refractivity contribution in [3.8, 4) is 5.75 Å². The molecule has 0 atom stereocenters. The van der Waals surface area contributed by atoms with Crippen LogP contribution in [0.3, 0.4) is 0 Å². The molecule has 0 aromatic heterocycles. The smallest absolute Gasteiger partial charge is 0.308 e. The van der Waals surface area contributed by atoms with Crippen molar-refractivity contribution >= 4 is 5.97 Å². The van der Waals surface area contributed by atoms with Crippen LogP contribution in [0.5, 0.6) is 5.75 Å². The Morgan fingerprint density at radius 2 is 1.79 bits per heavy atom. The summed E-state index contributed by atoms with van der Waals surface area (Å²) in [5.41, 5.74) is 0.0629. The molecule has 1 aliphatic rings. The Labute approximate surface area is 145 Å². The summed E-state index contributed by atoms with van der Waals surface area (Å²) in [5.74, 6) is 0.653. The number of carbonyl (C=O) groups is 1. The summed E-state index contributed by atoms with van der Waals surface area (Å²) in [7, 11) is 0. The van der Waals surface area contributed by atoms with Crippen molar-refractivity contribution < 1.29 is 19.4 Å². The first-order valence-electron chi connectivity index (χ1n) is 9.21. The molecule has 2 rings (SSSR count). The van der Waals surface area contributed by atoms with Gasteiger partial charge in [-0.25, -0.2) is 0 Å². The number of esters is 1. The largest absolute Gasteiger partial charge is 0.494 e. The monoisotopic (exact) mass is 334 g/mol. The van der Waals surface area contributed by atoms with Gasteiger partial charge in [-0.2, -0.15) is 0 Å². The minimum Gasteiger partial charge on any atom is -0.494 e. The lowest BCUT2D eigenvalue weighted by molar-refractivity contribution is -0.151. The first-order valence-corrected chi connectivity index (χ1v) is 9.21. The molecule has 0 unspecified atom stereocenters. The zero-order chi connectivity index (χ0) is 17.4. The summed E-state index contributed by atoms with van der Waals surface area (Å²) >= 11 is 0. The zero-order valence-corrected chi connectivity index (χ0v) is 14.9. The molecule has 1 aromatic carbocycles. The fourth-order valence-electron chi connectivity index (χ4n) is 3.14. The molecule has 134 valence electrons. The number of benzene rings is 1. The fourth-order valence-corrected chi connectivity index (χ4v) is 3.14. The zero-order valence-electron chi connectivity index (χ0n) is 14.9. The van der Waals surface area contributed by atoms with Gasteiger partial charge in [0.05, 0.1) is 24.7 Å². The van der Waals surface area contributed by atoms with Crippen LogP contribution in [-0.4, -0.2) is 24.3 Å². The Hall–Kier alpha value is -1.55. The number of carbonyl (C=O) groups excluding carboxylic acids is 1. The van der Waals surface area contributed by atoms with Gasteiger partial charge in [0.2, 0.25) is 0 Å². The molecule has 1 saturated carbocycles. The van der Waals surface area contributed by atoms with E-state index in [1.165, 1.54) is 0 Å². The van der Waals surface area contributed by atoms with Gasteiger partial charge in [-0.05, 0) is 56.2 Å². The summed E-state index contributed by atoms with van der Waals surface area (Å²) in [6.45, 7) is 5.36. The van der Waals surface area contributed by atoms with Gasteiger partial charge in [-0.1, -0.05) is 32.4 Å². The van der Waals surface area contributed by atoms with E-state index in [1.54, 1.807) is 0 Å². The number of rotatable bonds is 8.